The molecule has 6 nitrogen and oxygen atoms in total. The fourth-order valence-corrected chi connectivity index (χ4v) is 7.33. The molecule has 0 spiro atoms. The molecule has 0 aromatic heterocycles. The fraction of sp³-hybridized carbons (Fsp3) is 0.500. The summed E-state index contributed by atoms with van der Waals surface area (Å²) in [7, 11) is -3.42. The van der Waals surface area contributed by atoms with Crippen molar-refractivity contribution in [3.63, 3.8) is 0 Å². The summed E-state index contributed by atoms with van der Waals surface area (Å²) in [6.45, 7) is 3.45. The van der Waals surface area contributed by atoms with Crippen molar-refractivity contribution in [2.24, 2.45) is 11.3 Å². The summed E-state index contributed by atoms with van der Waals surface area (Å²) in [5.74, 6) is -1.72. The number of sulfone groups is 1. The summed E-state index contributed by atoms with van der Waals surface area (Å²) in [6.07, 6.45) is 2.00. The Morgan fingerprint density at radius 1 is 1.08 bits per heavy atom. The van der Waals surface area contributed by atoms with Gasteiger partial charge in [0.2, 0.25) is 5.91 Å². The van der Waals surface area contributed by atoms with E-state index in [0.29, 0.717) is 22.9 Å². The summed E-state index contributed by atoms with van der Waals surface area (Å²) in [6, 6.07) is 13.7. The molecule has 2 fully saturated rings. The Hall–Kier alpha value is -2.09. The predicted molar refractivity (Wildman–Crippen MR) is 146 cm³/mol. The highest BCUT2D eigenvalue weighted by molar-refractivity contribution is 7.91. The summed E-state index contributed by atoms with van der Waals surface area (Å²) < 4.78 is 25.8. The number of hydrogen-bond donors (Lipinski definition) is 1. The highest BCUT2D eigenvalue weighted by Gasteiger charge is 2.56. The van der Waals surface area contributed by atoms with E-state index >= 15 is 0 Å². The number of piperidine rings is 1. The number of carbonyl (C=O) groups excluding carboxylic acids is 1. The van der Waals surface area contributed by atoms with E-state index in [4.69, 9.17) is 23.2 Å². The van der Waals surface area contributed by atoms with Crippen molar-refractivity contribution < 1.29 is 23.1 Å². The molecule has 2 aliphatic rings. The Kier molecular flexibility index (Phi) is 8.27. The molecule has 4 rings (SSSR count). The summed E-state index contributed by atoms with van der Waals surface area (Å²) in [4.78, 5) is 28.3. The van der Waals surface area contributed by atoms with Crippen LogP contribution in [0.3, 0.4) is 0 Å². The van der Waals surface area contributed by atoms with Crippen molar-refractivity contribution >= 4 is 44.9 Å². The molecule has 0 bridgehead atoms. The molecular formula is C28H33Cl2NO5S. The minimum absolute atomic E-state index is 0.0182. The van der Waals surface area contributed by atoms with Crippen molar-refractivity contribution in [2.75, 3.05) is 11.5 Å². The second-order valence-corrected chi connectivity index (χ2v) is 13.7. The molecule has 1 heterocycles. The van der Waals surface area contributed by atoms with Gasteiger partial charge in [-0.3, -0.25) is 9.59 Å². The van der Waals surface area contributed by atoms with Crippen LogP contribution in [0.4, 0.5) is 0 Å². The van der Waals surface area contributed by atoms with E-state index in [2.05, 4.69) is 0 Å². The standard InChI is InChI=1S/C28H33Cl2NO5S/c1-3-28(16-25(32)33)15-23(20-6-5-7-22(30)14-20)26(19-10-12-21(29)13-11-19)31(27(28)34)24(18-8-9-18)17-37(35,36)4-2/h5-7,10-14,18,23-24,26H,3-4,8-9,15-17H2,1-2H3,(H,32,33)/t23-,24-,26-,28?/m1/s1. The number of carboxylic acids is 1. The van der Waals surface area contributed by atoms with Crippen molar-refractivity contribution in [3.8, 4) is 0 Å². The van der Waals surface area contributed by atoms with Gasteiger partial charge in [0, 0.05) is 27.8 Å². The minimum Gasteiger partial charge on any atom is -0.481 e. The van der Waals surface area contributed by atoms with Gasteiger partial charge < -0.3 is 10.0 Å². The van der Waals surface area contributed by atoms with Gasteiger partial charge in [-0.2, -0.15) is 0 Å². The van der Waals surface area contributed by atoms with E-state index in [1.807, 2.05) is 37.3 Å². The van der Waals surface area contributed by atoms with Crippen LogP contribution in [0.1, 0.15) is 69.0 Å². The van der Waals surface area contributed by atoms with Crippen LogP contribution in [-0.4, -0.2) is 47.8 Å². The highest BCUT2D eigenvalue weighted by atomic mass is 35.5. The summed E-state index contributed by atoms with van der Waals surface area (Å²) >= 11 is 12.6. The molecule has 1 aliphatic heterocycles. The van der Waals surface area contributed by atoms with Crippen LogP contribution in [-0.2, 0) is 19.4 Å². The molecule has 2 aromatic rings. The molecule has 1 saturated heterocycles. The Labute approximate surface area is 228 Å². The van der Waals surface area contributed by atoms with Gasteiger partial charge in [0.05, 0.1) is 23.6 Å². The average Bonchev–Trinajstić information content (AvgIpc) is 3.70. The van der Waals surface area contributed by atoms with Crippen LogP contribution < -0.4 is 0 Å². The first-order valence-corrected chi connectivity index (χ1v) is 15.3. The maximum Gasteiger partial charge on any atom is 0.304 e. The number of amides is 1. The molecule has 1 saturated carbocycles. The maximum absolute atomic E-state index is 14.5. The van der Waals surface area contributed by atoms with Crippen molar-refractivity contribution in [3.05, 3.63) is 69.7 Å². The smallest absolute Gasteiger partial charge is 0.304 e. The van der Waals surface area contributed by atoms with Crippen molar-refractivity contribution in [1.82, 2.24) is 4.90 Å². The van der Waals surface area contributed by atoms with Crippen LogP contribution in [0.15, 0.2) is 48.5 Å². The van der Waals surface area contributed by atoms with Gasteiger partial charge in [-0.25, -0.2) is 8.42 Å². The highest BCUT2D eigenvalue weighted by Crippen LogP contribution is 2.55. The number of carboxylic acid groups (broad SMARTS) is 1. The Morgan fingerprint density at radius 3 is 2.30 bits per heavy atom. The third-order valence-electron chi connectivity index (χ3n) is 8.02. The normalized spacial score (nSPS) is 25.2. The third kappa shape index (κ3) is 5.99. The molecule has 4 atom stereocenters. The number of halogens is 2. The zero-order valence-corrected chi connectivity index (χ0v) is 23.4. The van der Waals surface area contributed by atoms with Crippen LogP contribution in [0.2, 0.25) is 10.0 Å². The first-order chi connectivity index (χ1) is 17.5. The average molecular weight is 567 g/mol. The SMILES string of the molecule is CCC1(CC(=O)O)C[C@H](c2cccc(Cl)c2)[C@@H](c2ccc(Cl)cc2)N([C@H](CS(=O)(=O)CC)C2CC2)C1=O. The quantitative estimate of drug-likeness (QED) is 0.373. The van der Waals surface area contributed by atoms with Gasteiger partial charge in [-0.15, -0.1) is 0 Å². The lowest BCUT2D eigenvalue weighted by Crippen LogP contribution is -2.59. The maximum atomic E-state index is 14.5. The van der Waals surface area contributed by atoms with Crippen LogP contribution >= 0.6 is 23.2 Å². The second kappa shape index (κ2) is 11.0. The molecular weight excluding hydrogens is 533 g/mol. The van der Waals surface area contributed by atoms with Gasteiger partial charge in [0.15, 0.2) is 9.84 Å². The monoisotopic (exact) mass is 565 g/mol. The zero-order chi connectivity index (χ0) is 27.0. The van der Waals surface area contributed by atoms with E-state index in [1.165, 1.54) is 0 Å². The molecule has 0 radical (unpaired) electrons. The molecule has 2 aromatic carbocycles. The number of aliphatic carboxylic acids is 1. The number of hydrogen-bond acceptors (Lipinski definition) is 4. The third-order valence-corrected chi connectivity index (χ3v) is 10.2. The van der Waals surface area contributed by atoms with Crippen molar-refractivity contribution in [2.45, 2.75) is 64.0 Å². The summed E-state index contributed by atoms with van der Waals surface area (Å²) in [5, 5.41) is 11.0. The lowest BCUT2D eigenvalue weighted by atomic mass is 9.65. The number of likely N-dealkylation sites (tertiary alicyclic amines) is 1. The first-order valence-electron chi connectivity index (χ1n) is 12.8. The topological polar surface area (TPSA) is 91.8 Å². The largest absolute Gasteiger partial charge is 0.481 e. The van der Waals surface area contributed by atoms with Gasteiger partial charge in [-0.05, 0) is 67.0 Å². The molecule has 1 amide bonds. The fourth-order valence-electron chi connectivity index (χ4n) is 5.82. The van der Waals surface area contributed by atoms with E-state index in [-0.39, 0.29) is 35.7 Å². The van der Waals surface area contributed by atoms with Gasteiger partial charge >= 0.3 is 5.97 Å². The molecule has 1 N–H and O–H groups in total. The first kappa shape index (κ1) is 27.9. The van der Waals surface area contributed by atoms with Crippen LogP contribution in [0.5, 0.6) is 0 Å². The minimum atomic E-state index is -3.42. The van der Waals surface area contributed by atoms with Gasteiger partial charge in [-0.1, -0.05) is 61.3 Å². The van der Waals surface area contributed by atoms with E-state index in [0.717, 1.165) is 24.0 Å². The number of benzene rings is 2. The second-order valence-electron chi connectivity index (χ2n) is 10.4. The summed E-state index contributed by atoms with van der Waals surface area (Å²) in [5.41, 5.74) is 0.563. The number of rotatable bonds is 10. The Morgan fingerprint density at radius 2 is 1.76 bits per heavy atom. The lowest BCUT2D eigenvalue weighted by molar-refractivity contribution is -0.162. The van der Waals surface area contributed by atoms with Crippen LogP contribution in [0, 0.1) is 11.3 Å². The van der Waals surface area contributed by atoms with Crippen molar-refractivity contribution in [1.29, 1.82) is 0 Å². The molecule has 200 valence electrons. The van der Waals surface area contributed by atoms with E-state index < -0.39 is 33.3 Å². The Balaban J connectivity index is 1.96. The lowest BCUT2D eigenvalue weighted by Gasteiger charge is -2.53. The predicted octanol–water partition coefficient (Wildman–Crippen LogP) is 6.14. The molecule has 1 aliphatic carbocycles. The van der Waals surface area contributed by atoms with E-state index in [9.17, 15) is 23.1 Å². The van der Waals surface area contributed by atoms with Crippen LogP contribution in [0.25, 0.3) is 0 Å². The van der Waals surface area contributed by atoms with Gasteiger partial charge in [0.25, 0.3) is 0 Å². The van der Waals surface area contributed by atoms with Gasteiger partial charge in [0.1, 0.15) is 0 Å². The number of carbonyl (C=O) groups is 2. The zero-order valence-electron chi connectivity index (χ0n) is 21.1. The molecule has 37 heavy (non-hydrogen) atoms. The molecule has 9 heteroatoms. The molecule has 1 unspecified atom stereocenters. The Bertz CT molecular complexity index is 1260. The number of nitrogens with zero attached hydrogens (tertiary/aromatic N) is 1. The van der Waals surface area contributed by atoms with E-state index in [1.54, 1.807) is 30.0 Å².